The Bertz CT molecular complexity index is 121. The molecule has 0 aromatic rings. The molecule has 2 N–H and O–H groups in total. The fourth-order valence-electron chi connectivity index (χ4n) is 0. The van der Waals surface area contributed by atoms with Gasteiger partial charge < -0.3 is 90.2 Å². The Morgan fingerprint density at radius 2 is 1.00 bits per heavy atom. The van der Waals surface area contributed by atoms with Crippen LogP contribution in [0.3, 0.4) is 0 Å². The maximum absolute atomic E-state index is 8.33. The first kappa shape index (κ1) is 68.0. The Balaban J connectivity index is -0.00000000675. The van der Waals surface area contributed by atoms with E-state index in [2.05, 4.69) is 0 Å². The predicted octanol–water partition coefficient (Wildman–Crippen LogP) is -16.1. The molecule has 0 spiro atoms. The van der Waals surface area contributed by atoms with Gasteiger partial charge in [-0.15, -0.1) is 0 Å². The topological polar surface area (TPSA) is 170 Å². The zero-order valence-corrected chi connectivity index (χ0v) is 17.5. The molecule has 0 aromatic heterocycles. The number of nitrogens with zero attached hydrogens (tertiary/aromatic N) is 1. The van der Waals surface area contributed by atoms with Crippen molar-refractivity contribution in [2.24, 2.45) is 0 Å². The smallest absolute Gasteiger partial charge is 1.00 e. The minimum atomic E-state index is -2.33. The summed E-state index contributed by atoms with van der Waals surface area (Å²) in [4.78, 5) is 16.6. The van der Waals surface area contributed by atoms with Gasteiger partial charge >= 0.3 is 94.6 Å². The van der Waals surface area contributed by atoms with Gasteiger partial charge in [-0.2, -0.15) is 0 Å². The Morgan fingerprint density at radius 3 is 1.00 bits per heavy atom. The summed E-state index contributed by atoms with van der Waals surface area (Å²) >= 11 is 0. The van der Waals surface area contributed by atoms with Crippen molar-refractivity contribution >= 4 is 43.9 Å². The van der Waals surface area contributed by atoms with Crippen LogP contribution in [0.2, 0.25) is 0 Å². The van der Waals surface area contributed by atoms with Gasteiger partial charge in [-0.05, 0) is 6.16 Å². The van der Waals surface area contributed by atoms with E-state index in [1.54, 1.807) is 0 Å². The molecule has 0 unspecified atom stereocenters. The van der Waals surface area contributed by atoms with Gasteiger partial charge in [0.15, 0.2) is 0 Å². The molecule has 16 heteroatoms. The Hall–Kier alpha value is 2.64. The average Bonchev–Trinajstić information content (AvgIpc) is 1.85. The van der Waals surface area contributed by atoms with Crippen molar-refractivity contribution in [3.05, 3.63) is 15.3 Å². The van der Waals surface area contributed by atoms with Gasteiger partial charge in [0.25, 0.3) is 0 Å². The number of hydrogen-bond acceptors (Lipinski definition) is 8. The Kier molecular flexibility index (Phi) is 252. The summed E-state index contributed by atoms with van der Waals surface area (Å²) in [7, 11) is 0. The van der Waals surface area contributed by atoms with Crippen LogP contribution in [0.5, 0.6) is 0 Å². The first-order chi connectivity index (χ1) is 5.38. The monoisotopic (exact) mass is 574 g/mol. The van der Waals surface area contributed by atoms with Crippen LogP contribution >= 0.6 is 0 Å². The normalized spacial score (nSPS) is 4.11. The minimum Gasteiger partial charge on any atom is -1.00 e. The van der Waals surface area contributed by atoms with Crippen LogP contribution in [0.15, 0.2) is 0 Å². The first-order valence-corrected chi connectivity index (χ1v) is 2.29. The Labute approximate surface area is 206 Å². The fourth-order valence-corrected chi connectivity index (χ4v) is 0. The standard InChI is InChI=1S/C2H6O2.CH2O3.Ca.4ClH.NO3.Ni.Sm/c3-1-2-4;2-1(3)4;;;;;;2-1(3)4;;/h3-4H,1-2H2;(H2,2,3,4);;4*1H;;;/q;;+2;;;;;-1;+2;+3/p-6. The molecule has 0 fully saturated rings. The maximum atomic E-state index is 8.33. The van der Waals surface area contributed by atoms with E-state index >= 15 is 0 Å². The van der Waals surface area contributed by atoms with E-state index in [1.807, 2.05) is 0 Å². The van der Waals surface area contributed by atoms with Crippen LogP contribution in [0.25, 0.3) is 0 Å². The van der Waals surface area contributed by atoms with E-state index in [-0.39, 0.29) is 157 Å². The number of carbonyl (C=O) groups is 1. The van der Waals surface area contributed by atoms with Crippen molar-refractivity contribution in [2.75, 3.05) is 13.2 Å². The van der Waals surface area contributed by atoms with Crippen LogP contribution in [0, 0.1) is 55.7 Å². The van der Waals surface area contributed by atoms with Gasteiger partial charge in [-0.25, -0.2) is 0 Å². The summed E-state index contributed by atoms with van der Waals surface area (Å²) in [5.41, 5.74) is 0. The van der Waals surface area contributed by atoms with Crippen LogP contribution < -0.4 is 59.8 Å². The molecule has 0 atom stereocenters. The van der Waals surface area contributed by atoms with Gasteiger partial charge in [-0.3, -0.25) is 0 Å². The van der Waals surface area contributed by atoms with E-state index < -0.39 is 11.2 Å². The number of rotatable bonds is 1. The third-order valence-corrected chi connectivity index (χ3v) is 0.1000. The molecule has 0 heterocycles. The van der Waals surface area contributed by atoms with Crippen LogP contribution in [-0.2, 0) is 16.5 Å². The molecule has 0 aliphatic heterocycles. The zero-order valence-electron chi connectivity index (χ0n) is 8.65. The van der Waals surface area contributed by atoms with Crippen molar-refractivity contribution in [1.29, 1.82) is 0 Å². The van der Waals surface area contributed by atoms with E-state index in [1.165, 1.54) is 0 Å². The molecule has 1 radical (unpaired) electrons. The molecule has 0 rings (SSSR count). The van der Waals surface area contributed by atoms with Crippen LogP contribution in [-0.4, -0.2) is 72.4 Å². The number of carbonyl (C=O) groups excluding carboxylic acids is 1. The maximum Gasteiger partial charge on any atom is 3.00 e. The van der Waals surface area contributed by atoms with Crippen LogP contribution in [0.4, 0.5) is 4.79 Å². The summed E-state index contributed by atoms with van der Waals surface area (Å²) in [6.45, 7) is -0.250. The summed E-state index contributed by atoms with van der Waals surface area (Å²) in [5.74, 6) is 0. The molecule has 0 aromatic carbocycles. The summed E-state index contributed by atoms with van der Waals surface area (Å²) in [5, 5.41) is 46.7. The second kappa shape index (κ2) is 70.3. The molecule has 0 aliphatic carbocycles. The Morgan fingerprint density at radius 1 is 0.947 bits per heavy atom. The quantitative estimate of drug-likeness (QED) is 0.177. The third kappa shape index (κ3) is 541. The SMILES string of the molecule is O=C([O-])[O-].O=[N+]([O-])[O-].OCCO.[Ca+2].[Cl-].[Cl-].[Cl-].[Cl-].[Ni+2].[Sm+3]. The number of halogens is 4. The van der Waals surface area contributed by atoms with Gasteiger partial charge in [0.2, 0.25) is 0 Å². The molecular formula is C3H6CaCl4NNiO8Sm. The molecular weight excluding hydrogens is 569 g/mol. The summed E-state index contributed by atoms with van der Waals surface area (Å²) in [6.07, 6.45) is -2.33. The van der Waals surface area contributed by atoms with Crippen molar-refractivity contribution in [2.45, 2.75) is 0 Å². The third-order valence-electron chi connectivity index (χ3n) is 0.1000. The van der Waals surface area contributed by atoms with Gasteiger partial charge in [0, 0.05) is 0 Å². The molecule has 0 saturated carbocycles. The van der Waals surface area contributed by atoms with Gasteiger partial charge in [0.1, 0.15) is 0 Å². The largest absolute Gasteiger partial charge is 3.00 e. The average molecular weight is 575 g/mol. The molecule has 19 heavy (non-hydrogen) atoms. The number of carboxylic acid groups (broad SMARTS) is 2. The molecule has 0 aliphatic rings. The van der Waals surface area contributed by atoms with Crippen molar-refractivity contribution < 1.29 is 137 Å². The van der Waals surface area contributed by atoms with E-state index in [4.69, 9.17) is 40.5 Å². The van der Waals surface area contributed by atoms with Crippen molar-refractivity contribution in [1.82, 2.24) is 0 Å². The van der Waals surface area contributed by atoms with Gasteiger partial charge in [0.05, 0.1) is 18.3 Å². The molecule has 117 valence electrons. The second-order valence-electron chi connectivity index (χ2n) is 0.921. The summed E-state index contributed by atoms with van der Waals surface area (Å²) < 4.78 is 0. The predicted molar refractivity (Wildman–Crippen MR) is 35.7 cm³/mol. The fraction of sp³-hybridized carbons (Fsp3) is 0.667. The molecule has 0 saturated heterocycles. The second-order valence-corrected chi connectivity index (χ2v) is 0.921. The number of aliphatic hydroxyl groups is 2. The minimum absolute atomic E-state index is 0. The summed E-state index contributed by atoms with van der Waals surface area (Å²) in [6, 6.07) is 0. The molecule has 0 amide bonds. The number of hydrogen-bond donors (Lipinski definition) is 2. The zero-order chi connectivity index (χ0) is 10.6. The first-order valence-electron chi connectivity index (χ1n) is 2.29. The van der Waals surface area contributed by atoms with E-state index in [0.29, 0.717) is 0 Å². The van der Waals surface area contributed by atoms with Crippen molar-refractivity contribution in [3.63, 3.8) is 0 Å². The van der Waals surface area contributed by atoms with Crippen molar-refractivity contribution in [3.8, 4) is 0 Å². The van der Waals surface area contributed by atoms with E-state index in [9.17, 15) is 0 Å². The molecule has 0 bridgehead atoms. The number of aliphatic hydroxyl groups excluding tert-OH is 2. The molecule has 9 nitrogen and oxygen atoms in total. The van der Waals surface area contributed by atoms with Crippen LogP contribution in [0.1, 0.15) is 0 Å². The van der Waals surface area contributed by atoms with E-state index in [0.717, 1.165) is 0 Å². The van der Waals surface area contributed by atoms with Gasteiger partial charge in [-0.1, -0.05) is 0 Å².